The molecule has 0 spiro atoms. The Morgan fingerprint density at radius 3 is 2.89 bits per heavy atom. The molecule has 0 amide bonds. The molecule has 0 saturated carbocycles. The van der Waals surface area contributed by atoms with E-state index in [2.05, 4.69) is 0 Å². The second kappa shape index (κ2) is 5.22. The molecule has 0 aliphatic heterocycles. The zero-order chi connectivity index (χ0) is 13.1. The molecule has 96 valence electrons. The molecular weight excluding hydrogens is 254 g/mol. The summed E-state index contributed by atoms with van der Waals surface area (Å²) in [6.07, 6.45) is 0.484. The van der Waals surface area contributed by atoms with E-state index < -0.39 is 5.97 Å². The summed E-state index contributed by atoms with van der Waals surface area (Å²) < 4.78 is 7.04. The Hall–Kier alpha value is -1.82. The number of nitrogens with zero attached hydrogens (tertiary/aromatic N) is 1. The average molecular weight is 267 g/mol. The fourth-order valence-corrected chi connectivity index (χ4v) is 2.47. The van der Waals surface area contributed by atoms with Crippen molar-refractivity contribution in [2.75, 3.05) is 0 Å². The maximum Gasteiger partial charge on any atom is 0.307 e. The van der Waals surface area contributed by atoms with Gasteiger partial charge in [-0.2, -0.15) is 0 Å². The molecule has 0 unspecified atom stereocenters. The van der Waals surface area contributed by atoms with Gasteiger partial charge >= 0.3 is 10.8 Å². The van der Waals surface area contributed by atoms with Gasteiger partial charge in [-0.1, -0.05) is 11.3 Å². The van der Waals surface area contributed by atoms with E-state index in [9.17, 15) is 9.59 Å². The maximum atomic E-state index is 11.7. The van der Waals surface area contributed by atoms with Gasteiger partial charge in [0.2, 0.25) is 0 Å². The average Bonchev–Trinajstić information content (AvgIpc) is 2.86. The molecule has 0 atom stereocenters. The van der Waals surface area contributed by atoms with Crippen LogP contribution in [0.4, 0.5) is 0 Å². The van der Waals surface area contributed by atoms with Crippen LogP contribution in [0, 0.1) is 6.92 Å². The lowest BCUT2D eigenvalue weighted by Gasteiger charge is -2.04. The summed E-state index contributed by atoms with van der Waals surface area (Å²) >= 11 is 1.09. The van der Waals surface area contributed by atoms with Crippen molar-refractivity contribution >= 4 is 17.3 Å². The SMILES string of the molecule is Cc1ccc(-c2csc(=O)n2CCCC(=O)O)o1. The van der Waals surface area contributed by atoms with Crippen molar-refractivity contribution in [2.24, 2.45) is 0 Å². The first-order chi connectivity index (χ1) is 8.58. The lowest BCUT2D eigenvalue weighted by Crippen LogP contribution is -2.15. The number of thiazole rings is 1. The van der Waals surface area contributed by atoms with Crippen molar-refractivity contribution in [1.82, 2.24) is 4.57 Å². The number of hydrogen-bond acceptors (Lipinski definition) is 4. The molecule has 0 aliphatic rings. The van der Waals surface area contributed by atoms with Crippen LogP contribution in [0.3, 0.4) is 0 Å². The summed E-state index contributed by atoms with van der Waals surface area (Å²) in [5.74, 6) is 0.565. The van der Waals surface area contributed by atoms with Crippen molar-refractivity contribution in [1.29, 1.82) is 0 Å². The number of carbonyl (C=O) groups is 1. The fraction of sp³-hybridized carbons (Fsp3) is 0.333. The Bertz CT molecular complexity index is 608. The maximum absolute atomic E-state index is 11.7. The van der Waals surface area contributed by atoms with E-state index in [1.807, 2.05) is 19.1 Å². The van der Waals surface area contributed by atoms with Gasteiger partial charge in [-0.15, -0.1) is 0 Å². The van der Waals surface area contributed by atoms with Gasteiger partial charge in [-0.05, 0) is 25.5 Å². The minimum absolute atomic E-state index is 0.0545. The van der Waals surface area contributed by atoms with Gasteiger partial charge < -0.3 is 9.52 Å². The Labute approximate surface area is 107 Å². The molecule has 2 heterocycles. The first kappa shape index (κ1) is 12.6. The molecule has 2 rings (SSSR count). The third kappa shape index (κ3) is 2.70. The summed E-state index contributed by atoms with van der Waals surface area (Å²) in [4.78, 5) is 22.1. The van der Waals surface area contributed by atoms with Gasteiger partial charge in [0.1, 0.15) is 5.76 Å². The van der Waals surface area contributed by atoms with E-state index in [-0.39, 0.29) is 11.3 Å². The van der Waals surface area contributed by atoms with E-state index in [0.717, 1.165) is 17.1 Å². The van der Waals surface area contributed by atoms with E-state index in [4.69, 9.17) is 9.52 Å². The minimum atomic E-state index is -0.853. The number of carboxylic acids is 1. The van der Waals surface area contributed by atoms with Crippen molar-refractivity contribution in [3.8, 4) is 11.5 Å². The standard InChI is InChI=1S/C12H13NO4S/c1-8-4-5-10(17-8)9-7-18-12(16)13(9)6-2-3-11(14)15/h4-5,7H,2-3,6H2,1H3,(H,14,15). The van der Waals surface area contributed by atoms with Crippen molar-refractivity contribution in [3.63, 3.8) is 0 Å². The third-order valence-electron chi connectivity index (χ3n) is 2.55. The highest BCUT2D eigenvalue weighted by Crippen LogP contribution is 2.22. The van der Waals surface area contributed by atoms with Crippen LogP contribution in [0.25, 0.3) is 11.5 Å². The molecule has 0 aliphatic carbocycles. The summed E-state index contributed by atoms with van der Waals surface area (Å²) in [6.45, 7) is 2.23. The molecule has 6 heteroatoms. The molecule has 0 radical (unpaired) electrons. The van der Waals surface area contributed by atoms with Crippen LogP contribution in [0.2, 0.25) is 0 Å². The van der Waals surface area contributed by atoms with Gasteiger partial charge in [0.15, 0.2) is 5.76 Å². The number of aromatic nitrogens is 1. The highest BCUT2D eigenvalue weighted by molar-refractivity contribution is 7.07. The van der Waals surface area contributed by atoms with Gasteiger partial charge in [0, 0.05) is 18.3 Å². The predicted molar refractivity (Wildman–Crippen MR) is 67.9 cm³/mol. The number of furan rings is 1. The lowest BCUT2D eigenvalue weighted by molar-refractivity contribution is -0.137. The Morgan fingerprint density at radius 1 is 1.50 bits per heavy atom. The van der Waals surface area contributed by atoms with Gasteiger partial charge in [0.25, 0.3) is 0 Å². The summed E-state index contributed by atoms with van der Waals surface area (Å²) in [5, 5.41) is 10.3. The normalized spacial score (nSPS) is 10.7. The van der Waals surface area contributed by atoms with Crippen LogP contribution in [0.1, 0.15) is 18.6 Å². The molecule has 2 aromatic heterocycles. The summed E-state index contributed by atoms with van der Waals surface area (Å²) in [5.41, 5.74) is 0.712. The number of aliphatic carboxylic acids is 1. The van der Waals surface area contributed by atoms with Gasteiger partial charge in [-0.25, -0.2) is 0 Å². The highest BCUT2D eigenvalue weighted by atomic mass is 32.1. The third-order valence-corrected chi connectivity index (χ3v) is 3.31. The second-order valence-corrected chi connectivity index (χ2v) is 4.77. The lowest BCUT2D eigenvalue weighted by atomic mass is 10.3. The molecule has 18 heavy (non-hydrogen) atoms. The van der Waals surface area contributed by atoms with E-state index in [1.165, 1.54) is 0 Å². The van der Waals surface area contributed by atoms with Crippen LogP contribution in [0.5, 0.6) is 0 Å². The van der Waals surface area contributed by atoms with Crippen LogP contribution in [0.15, 0.2) is 26.7 Å². The second-order valence-electron chi connectivity index (χ2n) is 3.95. The smallest absolute Gasteiger partial charge is 0.307 e. The van der Waals surface area contributed by atoms with Gasteiger partial charge in [-0.3, -0.25) is 14.2 Å². The fourth-order valence-electron chi connectivity index (χ4n) is 1.70. The molecule has 5 nitrogen and oxygen atoms in total. The molecule has 1 N–H and O–H groups in total. The molecule has 0 fully saturated rings. The zero-order valence-corrected chi connectivity index (χ0v) is 10.7. The highest BCUT2D eigenvalue weighted by Gasteiger charge is 2.12. The quantitative estimate of drug-likeness (QED) is 0.902. The van der Waals surface area contributed by atoms with Crippen LogP contribution in [-0.2, 0) is 11.3 Å². The topological polar surface area (TPSA) is 72.4 Å². The first-order valence-corrected chi connectivity index (χ1v) is 6.43. The Kier molecular flexibility index (Phi) is 3.66. The van der Waals surface area contributed by atoms with Gasteiger partial charge in [0.05, 0.1) is 5.69 Å². The van der Waals surface area contributed by atoms with E-state index >= 15 is 0 Å². The monoisotopic (exact) mass is 267 g/mol. The largest absolute Gasteiger partial charge is 0.481 e. The molecule has 0 saturated heterocycles. The number of hydrogen-bond donors (Lipinski definition) is 1. The van der Waals surface area contributed by atoms with Crippen LogP contribution in [-0.4, -0.2) is 15.6 Å². The predicted octanol–water partition coefficient (Wildman–Crippen LogP) is 2.34. The molecule has 2 aromatic rings. The molecule has 0 bridgehead atoms. The summed E-state index contributed by atoms with van der Waals surface area (Å²) in [6, 6.07) is 3.64. The van der Waals surface area contributed by atoms with Crippen molar-refractivity contribution in [3.05, 3.63) is 32.9 Å². The molecular formula is C12H13NO4S. The van der Waals surface area contributed by atoms with Crippen LogP contribution < -0.4 is 4.87 Å². The molecule has 0 aromatic carbocycles. The number of carboxylic acid groups (broad SMARTS) is 1. The van der Waals surface area contributed by atoms with Crippen molar-refractivity contribution < 1.29 is 14.3 Å². The number of rotatable bonds is 5. The van der Waals surface area contributed by atoms with Crippen LogP contribution >= 0.6 is 11.3 Å². The Balaban J connectivity index is 2.22. The Morgan fingerprint density at radius 2 is 2.28 bits per heavy atom. The van der Waals surface area contributed by atoms with E-state index in [1.54, 1.807) is 9.95 Å². The number of aryl methyl sites for hydroxylation is 1. The van der Waals surface area contributed by atoms with Crippen molar-refractivity contribution in [2.45, 2.75) is 26.3 Å². The summed E-state index contributed by atoms with van der Waals surface area (Å²) in [7, 11) is 0. The zero-order valence-electron chi connectivity index (χ0n) is 9.88. The minimum Gasteiger partial charge on any atom is -0.481 e. The first-order valence-electron chi connectivity index (χ1n) is 5.55. The van der Waals surface area contributed by atoms with E-state index in [0.29, 0.717) is 24.4 Å².